The highest BCUT2D eigenvalue weighted by molar-refractivity contribution is 5.82. The Bertz CT molecular complexity index is 568. The van der Waals surface area contributed by atoms with Crippen molar-refractivity contribution in [2.75, 3.05) is 6.61 Å². The second-order valence-electron chi connectivity index (χ2n) is 3.43. The zero-order chi connectivity index (χ0) is 14.3. The van der Waals surface area contributed by atoms with Crippen LogP contribution in [0.1, 0.15) is 29.3 Å². The van der Waals surface area contributed by atoms with Gasteiger partial charge in [-0.05, 0) is 19.1 Å². The molecule has 0 aliphatic heterocycles. The summed E-state index contributed by atoms with van der Waals surface area (Å²) >= 11 is 0. The zero-order valence-corrected chi connectivity index (χ0v) is 10.2. The Hall–Kier alpha value is -2.68. The number of aldehydes is 1. The molecule has 1 rings (SSSR count). The number of nitro benzene ring substituents is 1. The van der Waals surface area contributed by atoms with Crippen molar-refractivity contribution in [2.45, 2.75) is 13.3 Å². The minimum atomic E-state index is -0.639. The number of carbonyl (C=O) groups is 2. The molecule has 0 N–H and O–H groups in total. The van der Waals surface area contributed by atoms with Gasteiger partial charge in [0.1, 0.15) is 6.42 Å². The number of benzene rings is 1. The Morgan fingerprint density at radius 3 is 2.84 bits per heavy atom. The minimum Gasteiger partial charge on any atom is -0.465 e. The first-order chi connectivity index (χ1) is 9.08. The van der Waals surface area contributed by atoms with Gasteiger partial charge in [-0.1, -0.05) is 11.8 Å². The van der Waals surface area contributed by atoms with E-state index in [0.717, 1.165) is 0 Å². The maximum atomic E-state index is 11.0. The number of hydrogen-bond donors (Lipinski definition) is 0. The lowest BCUT2D eigenvalue weighted by atomic mass is 10.1. The molecule has 1 aromatic carbocycles. The molecule has 0 fully saturated rings. The van der Waals surface area contributed by atoms with E-state index in [4.69, 9.17) is 0 Å². The summed E-state index contributed by atoms with van der Waals surface area (Å²) < 4.78 is 4.69. The van der Waals surface area contributed by atoms with E-state index in [9.17, 15) is 19.7 Å². The summed E-state index contributed by atoms with van der Waals surface area (Å²) in [5.74, 6) is 4.78. The molecule has 0 saturated carbocycles. The van der Waals surface area contributed by atoms with Gasteiger partial charge in [-0.25, -0.2) is 0 Å². The van der Waals surface area contributed by atoms with Crippen LogP contribution in [0.25, 0.3) is 0 Å². The van der Waals surface area contributed by atoms with E-state index in [2.05, 4.69) is 16.6 Å². The third kappa shape index (κ3) is 4.24. The van der Waals surface area contributed by atoms with Gasteiger partial charge < -0.3 is 4.74 Å². The normalized spacial score (nSPS) is 9.11. The van der Waals surface area contributed by atoms with Crippen LogP contribution in [0, 0.1) is 22.0 Å². The first-order valence-corrected chi connectivity index (χ1v) is 5.46. The fraction of sp³-hybridized carbons (Fsp3) is 0.231. The fourth-order valence-corrected chi connectivity index (χ4v) is 1.32. The lowest BCUT2D eigenvalue weighted by Crippen LogP contribution is -2.01. The van der Waals surface area contributed by atoms with Gasteiger partial charge in [-0.2, -0.15) is 0 Å². The standard InChI is InChI=1S/C13H11NO5/c1-2-19-13(16)5-3-4-10-6-7-12(14(17)18)11(8-10)9-15/h6-9H,2,5H2,1H3. The molecular weight excluding hydrogens is 250 g/mol. The zero-order valence-electron chi connectivity index (χ0n) is 10.2. The number of hydrogen-bond acceptors (Lipinski definition) is 5. The molecule has 0 radical (unpaired) electrons. The van der Waals surface area contributed by atoms with E-state index >= 15 is 0 Å². The average molecular weight is 261 g/mol. The molecule has 0 atom stereocenters. The first-order valence-electron chi connectivity index (χ1n) is 5.46. The van der Waals surface area contributed by atoms with Gasteiger partial charge in [-0.3, -0.25) is 19.7 Å². The van der Waals surface area contributed by atoms with Crippen molar-refractivity contribution in [3.63, 3.8) is 0 Å². The van der Waals surface area contributed by atoms with Crippen molar-refractivity contribution >= 4 is 17.9 Å². The van der Waals surface area contributed by atoms with Crippen LogP contribution in [-0.4, -0.2) is 23.8 Å². The van der Waals surface area contributed by atoms with Crippen LogP contribution in [0.15, 0.2) is 18.2 Å². The Kier molecular flexibility index (Phi) is 5.23. The van der Waals surface area contributed by atoms with Gasteiger partial charge in [0.2, 0.25) is 0 Å². The van der Waals surface area contributed by atoms with Crippen LogP contribution in [0.3, 0.4) is 0 Å². The van der Waals surface area contributed by atoms with E-state index < -0.39 is 10.9 Å². The van der Waals surface area contributed by atoms with E-state index in [1.54, 1.807) is 6.92 Å². The van der Waals surface area contributed by atoms with Crippen molar-refractivity contribution in [2.24, 2.45) is 0 Å². The van der Waals surface area contributed by atoms with E-state index in [1.807, 2.05) is 0 Å². The third-order valence-corrected chi connectivity index (χ3v) is 2.12. The van der Waals surface area contributed by atoms with Gasteiger partial charge in [0.15, 0.2) is 6.29 Å². The second-order valence-corrected chi connectivity index (χ2v) is 3.43. The highest BCUT2D eigenvalue weighted by atomic mass is 16.6. The van der Waals surface area contributed by atoms with E-state index in [1.165, 1.54) is 18.2 Å². The number of carbonyl (C=O) groups excluding carboxylic acids is 2. The predicted octanol–water partition coefficient (Wildman–Crippen LogP) is 1.71. The Balaban J connectivity index is 2.86. The molecule has 0 amide bonds. The van der Waals surface area contributed by atoms with Crippen LogP contribution >= 0.6 is 0 Å². The molecule has 1 aromatic rings. The van der Waals surface area contributed by atoms with Crippen molar-refractivity contribution in [3.8, 4) is 11.8 Å². The first kappa shape index (κ1) is 14.4. The molecular formula is C13H11NO5. The van der Waals surface area contributed by atoms with Crippen molar-refractivity contribution in [1.82, 2.24) is 0 Å². The molecule has 19 heavy (non-hydrogen) atoms. The number of ether oxygens (including phenoxy) is 1. The molecule has 0 aliphatic rings. The summed E-state index contributed by atoms with van der Waals surface area (Å²) in [6, 6.07) is 3.94. The van der Waals surface area contributed by atoms with Gasteiger partial charge in [-0.15, -0.1) is 0 Å². The Labute approximate surface area is 109 Å². The molecule has 6 heteroatoms. The fourth-order valence-electron chi connectivity index (χ4n) is 1.32. The monoisotopic (exact) mass is 261 g/mol. The molecule has 98 valence electrons. The van der Waals surface area contributed by atoms with Gasteiger partial charge >= 0.3 is 5.97 Å². The molecule has 0 bridgehead atoms. The van der Waals surface area contributed by atoms with Crippen molar-refractivity contribution < 1.29 is 19.2 Å². The molecule has 0 saturated heterocycles. The summed E-state index contributed by atoms with van der Waals surface area (Å²) in [6.45, 7) is 1.98. The smallest absolute Gasteiger partial charge is 0.317 e. The van der Waals surface area contributed by atoms with Gasteiger partial charge in [0.05, 0.1) is 17.1 Å². The number of rotatable bonds is 4. The van der Waals surface area contributed by atoms with Crippen LogP contribution in [0.4, 0.5) is 5.69 Å². The SMILES string of the molecule is CCOC(=O)CC#Cc1ccc([N+](=O)[O-])c(C=O)c1. The van der Waals surface area contributed by atoms with Crippen molar-refractivity contribution in [3.05, 3.63) is 39.4 Å². The van der Waals surface area contributed by atoms with Crippen LogP contribution in [-0.2, 0) is 9.53 Å². The summed E-state index contributed by atoms with van der Waals surface area (Å²) in [7, 11) is 0. The minimum absolute atomic E-state index is 0.0482. The number of nitro groups is 1. The molecule has 0 aliphatic carbocycles. The largest absolute Gasteiger partial charge is 0.465 e. The Morgan fingerprint density at radius 1 is 1.53 bits per heavy atom. The molecule has 6 nitrogen and oxygen atoms in total. The lowest BCUT2D eigenvalue weighted by molar-refractivity contribution is -0.385. The van der Waals surface area contributed by atoms with E-state index in [-0.39, 0.29) is 24.3 Å². The van der Waals surface area contributed by atoms with Crippen LogP contribution < -0.4 is 0 Å². The van der Waals surface area contributed by atoms with E-state index in [0.29, 0.717) is 11.8 Å². The maximum absolute atomic E-state index is 11.0. The van der Waals surface area contributed by atoms with Crippen LogP contribution in [0.2, 0.25) is 0 Å². The number of nitrogens with zero attached hydrogens (tertiary/aromatic N) is 1. The lowest BCUT2D eigenvalue weighted by Gasteiger charge is -1.97. The maximum Gasteiger partial charge on any atom is 0.317 e. The second kappa shape index (κ2) is 6.91. The van der Waals surface area contributed by atoms with Gasteiger partial charge in [0, 0.05) is 11.6 Å². The quantitative estimate of drug-likeness (QED) is 0.271. The highest BCUT2D eigenvalue weighted by Crippen LogP contribution is 2.17. The van der Waals surface area contributed by atoms with Crippen molar-refractivity contribution in [1.29, 1.82) is 0 Å². The topological polar surface area (TPSA) is 86.5 Å². The molecule has 0 spiro atoms. The third-order valence-electron chi connectivity index (χ3n) is 2.12. The molecule has 0 heterocycles. The van der Waals surface area contributed by atoms with Crippen LogP contribution in [0.5, 0.6) is 0 Å². The predicted molar refractivity (Wildman–Crippen MR) is 66.6 cm³/mol. The summed E-state index contributed by atoms with van der Waals surface area (Å²) in [5, 5.41) is 10.6. The van der Waals surface area contributed by atoms with Gasteiger partial charge in [0.25, 0.3) is 5.69 Å². The summed E-state index contributed by atoms with van der Waals surface area (Å²) in [6.07, 6.45) is 0.329. The molecule has 0 unspecified atom stereocenters. The summed E-state index contributed by atoms with van der Waals surface area (Å²) in [4.78, 5) is 31.7. The highest BCUT2D eigenvalue weighted by Gasteiger charge is 2.12. The Morgan fingerprint density at radius 2 is 2.26 bits per heavy atom. The summed E-state index contributed by atoms with van der Waals surface area (Å²) in [5.41, 5.74) is 0.107. The average Bonchev–Trinajstić information content (AvgIpc) is 2.38. The molecule has 0 aromatic heterocycles. The number of esters is 1.